The normalized spacial score (nSPS) is 14.0. The lowest BCUT2D eigenvalue weighted by Crippen LogP contribution is -2.57. The van der Waals surface area contributed by atoms with Gasteiger partial charge in [0.25, 0.3) is 0 Å². The first-order valence-corrected chi connectivity index (χ1v) is 11.4. The van der Waals surface area contributed by atoms with E-state index in [1.807, 2.05) is 13.8 Å². The maximum Gasteiger partial charge on any atom is 0.312 e. The molecule has 0 bridgehead atoms. The number of hydrogen-bond donors (Lipinski definition) is 6. The molecule has 0 aromatic rings. The quantitative estimate of drug-likeness (QED) is 0.177. The number of rotatable bonds is 16. The van der Waals surface area contributed by atoms with E-state index >= 15 is 0 Å². The standard InChI is InChI=1S/C22H41N5O6/c1-12(2)18(27-20(31)16(25-14(5)6)9-10-17(28)29)21(32)26-15(19(30)13(3)4)8-7-11-24-22(23)33/h12-16,18,25H,7-11H2,1-6H3,(H,26,32)(H,27,31)(H,28,29)(H3,23,24,33)/t15-,16-,18-/m0/s1. The largest absolute Gasteiger partial charge is 0.481 e. The van der Waals surface area contributed by atoms with Crippen LogP contribution in [0.15, 0.2) is 0 Å². The zero-order valence-electron chi connectivity index (χ0n) is 20.6. The monoisotopic (exact) mass is 471 g/mol. The molecule has 0 aromatic carbocycles. The molecule has 0 aliphatic rings. The van der Waals surface area contributed by atoms with Crippen LogP contribution in [0.3, 0.4) is 0 Å². The fourth-order valence-corrected chi connectivity index (χ4v) is 3.22. The number of carboxylic acid groups (broad SMARTS) is 1. The number of ketones is 1. The number of nitrogens with two attached hydrogens (primary N) is 1. The van der Waals surface area contributed by atoms with Gasteiger partial charge in [0.05, 0.1) is 12.1 Å². The Morgan fingerprint density at radius 3 is 1.91 bits per heavy atom. The van der Waals surface area contributed by atoms with Crippen molar-refractivity contribution in [2.24, 2.45) is 17.6 Å². The van der Waals surface area contributed by atoms with Gasteiger partial charge in [0.1, 0.15) is 6.04 Å². The third-order valence-electron chi connectivity index (χ3n) is 4.94. The Hall–Kier alpha value is -2.69. The summed E-state index contributed by atoms with van der Waals surface area (Å²) in [6.45, 7) is 10.9. The van der Waals surface area contributed by atoms with Crippen LogP contribution in [-0.2, 0) is 19.2 Å². The first kappa shape index (κ1) is 30.3. The first-order valence-electron chi connectivity index (χ1n) is 11.4. The molecule has 0 aliphatic heterocycles. The van der Waals surface area contributed by atoms with Gasteiger partial charge in [0.2, 0.25) is 11.8 Å². The maximum absolute atomic E-state index is 13.0. The number of carbonyl (C=O) groups excluding carboxylic acids is 4. The predicted molar refractivity (Wildman–Crippen MR) is 124 cm³/mol. The average molecular weight is 472 g/mol. The van der Waals surface area contributed by atoms with Crippen molar-refractivity contribution < 1.29 is 29.1 Å². The van der Waals surface area contributed by atoms with Crippen molar-refractivity contribution in [3.8, 4) is 0 Å². The molecular weight excluding hydrogens is 430 g/mol. The number of amides is 4. The van der Waals surface area contributed by atoms with Gasteiger partial charge in [0.15, 0.2) is 5.78 Å². The van der Waals surface area contributed by atoms with E-state index in [1.54, 1.807) is 27.7 Å². The van der Waals surface area contributed by atoms with E-state index in [9.17, 15) is 24.0 Å². The van der Waals surface area contributed by atoms with Gasteiger partial charge in [-0.25, -0.2) is 4.79 Å². The third kappa shape index (κ3) is 12.8. The molecule has 0 aliphatic carbocycles. The molecule has 0 unspecified atom stereocenters. The van der Waals surface area contributed by atoms with Crippen LogP contribution in [0.4, 0.5) is 4.79 Å². The van der Waals surface area contributed by atoms with Gasteiger partial charge in [-0.3, -0.25) is 19.2 Å². The Morgan fingerprint density at radius 2 is 1.45 bits per heavy atom. The van der Waals surface area contributed by atoms with Crippen molar-refractivity contribution in [3.63, 3.8) is 0 Å². The Kier molecular flexibility index (Phi) is 14.0. The minimum Gasteiger partial charge on any atom is -0.481 e. The highest BCUT2D eigenvalue weighted by Gasteiger charge is 2.31. The van der Waals surface area contributed by atoms with E-state index in [4.69, 9.17) is 10.8 Å². The van der Waals surface area contributed by atoms with Crippen LogP contribution in [0, 0.1) is 11.8 Å². The maximum atomic E-state index is 13.0. The van der Waals surface area contributed by atoms with Crippen molar-refractivity contribution >= 4 is 29.6 Å². The Morgan fingerprint density at radius 1 is 0.848 bits per heavy atom. The SMILES string of the molecule is CC(C)N[C@@H](CCC(=O)O)C(=O)N[C@H](C(=O)N[C@@H](CCCNC(N)=O)C(=O)C(C)C)C(C)C. The zero-order chi connectivity index (χ0) is 25.7. The van der Waals surface area contributed by atoms with Crippen molar-refractivity contribution in [2.75, 3.05) is 6.54 Å². The third-order valence-corrected chi connectivity index (χ3v) is 4.94. The van der Waals surface area contributed by atoms with E-state index in [0.29, 0.717) is 12.8 Å². The number of aliphatic carboxylic acids is 1. The Labute approximate surface area is 196 Å². The second kappa shape index (κ2) is 15.2. The molecule has 11 heteroatoms. The fraction of sp³-hybridized carbons (Fsp3) is 0.773. The minimum absolute atomic E-state index is 0.0667. The average Bonchev–Trinajstić information content (AvgIpc) is 2.69. The van der Waals surface area contributed by atoms with Crippen LogP contribution in [0.25, 0.3) is 0 Å². The van der Waals surface area contributed by atoms with Gasteiger partial charge >= 0.3 is 12.0 Å². The highest BCUT2D eigenvalue weighted by atomic mass is 16.4. The summed E-state index contributed by atoms with van der Waals surface area (Å²) < 4.78 is 0. The van der Waals surface area contributed by atoms with Gasteiger partial charge in [-0.05, 0) is 25.2 Å². The van der Waals surface area contributed by atoms with Crippen molar-refractivity contribution in [3.05, 3.63) is 0 Å². The molecule has 7 N–H and O–H groups in total. The van der Waals surface area contributed by atoms with Crippen molar-refractivity contribution in [1.29, 1.82) is 0 Å². The lowest BCUT2D eigenvalue weighted by molar-refractivity contribution is -0.137. The molecule has 33 heavy (non-hydrogen) atoms. The number of Topliss-reactive ketones (excluding diaryl/α,β-unsaturated/α-hetero) is 1. The summed E-state index contributed by atoms with van der Waals surface area (Å²) in [5.74, 6) is -2.74. The predicted octanol–water partition coefficient (Wildman–Crippen LogP) is 0.517. The summed E-state index contributed by atoms with van der Waals surface area (Å²) in [6, 6.07) is -3.20. The summed E-state index contributed by atoms with van der Waals surface area (Å²) in [6.07, 6.45) is 0.617. The van der Waals surface area contributed by atoms with Crippen LogP contribution in [0.5, 0.6) is 0 Å². The topological polar surface area (TPSA) is 180 Å². The number of carbonyl (C=O) groups is 5. The molecule has 0 aromatic heterocycles. The molecule has 0 spiro atoms. The summed E-state index contributed by atoms with van der Waals surface area (Å²) in [4.78, 5) is 60.3. The van der Waals surface area contributed by atoms with Gasteiger partial charge in [-0.1, -0.05) is 41.5 Å². The molecule has 0 rings (SSSR count). The number of primary amides is 1. The first-order chi connectivity index (χ1) is 15.3. The van der Waals surface area contributed by atoms with Crippen molar-refractivity contribution in [1.82, 2.24) is 21.3 Å². The molecule has 3 atom stereocenters. The van der Waals surface area contributed by atoms with Crippen LogP contribution in [-0.4, -0.2) is 65.4 Å². The molecule has 0 heterocycles. The van der Waals surface area contributed by atoms with Crippen LogP contribution >= 0.6 is 0 Å². The fourth-order valence-electron chi connectivity index (χ4n) is 3.22. The summed E-state index contributed by atoms with van der Waals surface area (Å²) in [5.41, 5.74) is 5.05. The zero-order valence-corrected chi connectivity index (χ0v) is 20.6. The second-order valence-electron chi connectivity index (χ2n) is 9.09. The van der Waals surface area contributed by atoms with E-state index in [0.717, 1.165) is 0 Å². The number of hydrogen-bond acceptors (Lipinski definition) is 6. The van der Waals surface area contributed by atoms with Crippen molar-refractivity contribution in [2.45, 2.75) is 91.4 Å². The molecule has 11 nitrogen and oxygen atoms in total. The smallest absolute Gasteiger partial charge is 0.312 e. The molecule has 0 saturated heterocycles. The summed E-state index contributed by atoms with van der Waals surface area (Å²) >= 11 is 0. The number of nitrogens with one attached hydrogen (secondary N) is 4. The minimum atomic E-state index is -1.02. The molecule has 190 valence electrons. The van der Waals surface area contributed by atoms with Crippen LogP contribution < -0.4 is 27.0 Å². The second-order valence-corrected chi connectivity index (χ2v) is 9.09. The lowest BCUT2D eigenvalue weighted by Gasteiger charge is -2.28. The highest BCUT2D eigenvalue weighted by Crippen LogP contribution is 2.10. The Balaban J connectivity index is 5.35. The van der Waals surface area contributed by atoms with E-state index < -0.39 is 41.9 Å². The van der Waals surface area contributed by atoms with Crippen LogP contribution in [0.2, 0.25) is 0 Å². The summed E-state index contributed by atoms with van der Waals surface area (Å²) in [5, 5.41) is 19.9. The molecule has 0 radical (unpaired) electrons. The van der Waals surface area contributed by atoms with Gasteiger partial charge in [-0.15, -0.1) is 0 Å². The highest BCUT2D eigenvalue weighted by molar-refractivity contribution is 5.94. The van der Waals surface area contributed by atoms with E-state index in [2.05, 4.69) is 21.3 Å². The van der Waals surface area contributed by atoms with Gasteiger partial charge in [-0.2, -0.15) is 0 Å². The van der Waals surface area contributed by atoms with Crippen LogP contribution in [0.1, 0.15) is 67.2 Å². The van der Waals surface area contributed by atoms with Gasteiger partial charge < -0.3 is 32.1 Å². The molecule has 4 amide bonds. The van der Waals surface area contributed by atoms with Gasteiger partial charge in [0, 0.05) is 24.9 Å². The van der Waals surface area contributed by atoms with E-state index in [-0.39, 0.29) is 43.0 Å². The summed E-state index contributed by atoms with van der Waals surface area (Å²) in [7, 11) is 0. The van der Waals surface area contributed by atoms with E-state index in [1.165, 1.54) is 0 Å². The lowest BCUT2D eigenvalue weighted by atomic mass is 9.96. The molecule has 0 saturated carbocycles. The Bertz CT molecular complexity index is 680. The number of carboxylic acids is 1. The molecule has 0 fully saturated rings. The number of urea groups is 1. The molecular formula is C22H41N5O6.